The SMILES string of the molecule is NC(=S)CNC(=O)C(=O)NCCc1ncon1. The average molecular weight is 257 g/mol. The largest absolute Gasteiger partial charge is 0.392 e. The van der Waals surface area contributed by atoms with Gasteiger partial charge in [-0.05, 0) is 0 Å². The van der Waals surface area contributed by atoms with E-state index in [0.29, 0.717) is 12.2 Å². The summed E-state index contributed by atoms with van der Waals surface area (Å²) in [6.45, 7) is 0.227. The Hall–Kier alpha value is -2.03. The van der Waals surface area contributed by atoms with Crippen molar-refractivity contribution in [2.24, 2.45) is 5.73 Å². The summed E-state index contributed by atoms with van der Waals surface area (Å²) in [5, 5.41) is 8.19. The fraction of sp³-hybridized carbons (Fsp3) is 0.375. The lowest BCUT2D eigenvalue weighted by atomic mass is 10.4. The van der Waals surface area contributed by atoms with Gasteiger partial charge in [0.2, 0.25) is 6.39 Å². The highest BCUT2D eigenvalue weighted by Gasteiger charge is 2.12. The molecule has 0 saturated carbocycles. The number of nitrogens with one attached hydrogen (secondary N) is 2. The molecule has 0 aliphatic heterocycles. The van der Waals surface area contributed by atoms with Gasteiger partial charge in [-0.2, -0.15) is 4.98 Å². The Kier molecular flexibility index (Phi) is 5.01. The fourth-order valence-corrected chi connectivity index (χ4v) is 0.991. The second-order valence-corrected chi connectivity index (χ2v) is 3.53. The Morgan fingerprint density at radius 1 is 1.41 bits per heavy atom. The molecule has 9 heteroatoms. The number of thiocarbonyl (C=S) groups is 1. The van der Waals surface area contributed by atoms with E-state index in [-0.39, 0.29) is 18.1 Å². The van der Waals surface area contributed by atoms with Gasteiger partial charge in [0.05, 0.1) is 11.5 Å². The molecular weight excluding hydrogens is 246 g/mol. The van der Waals surface area contributed by atoms with Gasteiger partial charge in [-0.25, -0.2) is 0 Å². The number of hydrogen-bond donors (Lipinski definition) is 3. The van der Waals surface area contributed by atoms with Crippen LogP contribution in [0.1, 0.15) is 5.82 Å². The molecule has 92 valence electrons. The Balaban J connectivity index is 2.20. The van der Waals surface area contributed by atoms with Crippen LogP contribution in [0.3, 0.4) is 0 Å². The number of nitrogens with two attached hydrogens (primary N) is 1. The highest BCUT2D eigenvalue weighted by Crippen LogP contribution is 1.87. The normalized spacial score (nSPS) is 9.65. The van der Waals surface area contributed by atoms with Crippen LogP contribution in [0.4, 0.5) is 0 Å². The molecule has 1 aromatic rings. The summed E-state index contributed by atoms with van der Waals surface area (Å²) < 4.78 is 4.50. The summed E-state index contributed by atoms with van der Waals surface area (Å²) in [4.78, 5) is 26.2. The monoisotopic (exact) mass is 257 g/mol. The van der Waals surface area contributed by atoms with Crippen molar-refractivity contribution in [3.8, 4) is 0 Å². The zero-order valence-corrected chi connectivity index (χ0v) is 9.62. The van der Waals surface area contributed by atoms with Crippen molar-refractivity contribution in [2.75, 3.05) is 13.1 Å². The van der Waals surface area contributed by atoms with Crippen LogP contribution in [0.5, 0.6) is 0 Å². The van der Waals surface area contributed by atoms with Gasteiger partial charge in [-0.1, -0.05) is 17.4 Å². The molecule has 0 radical (unpaired) electrons. The minimum atomic E-state index is -0.786. The first-order valence-corrected chi connectivity index (χ1v) is 5.10. The van der Waals surface area contributed by atoms with Crippen molar-refractivity contribution in [2.45, 2.75) is 6.42 Å². The van der Waals surface area contributed by atoms with E-state index in [2.05, 4.69) is 37.5 Å². The standard InChI is InChI=1S/C8H11N5O3S/c9-5(17)3-11-8(15)7(14)10-2-1-6-12-4-16-13-6/h4H,1-3H2,(H2,9,17)(H,10,14)(H,11,15). The first kappa shape index (κ1) is 13.0. The van der Waals surface area contributed by atoms with Crippen molar-refractivity contribution in [1.29, 1.82) is 0 Å². The summed E-state index contributed by atoms with van der Waals surface area (Å²) in [7, 11) is 0. The van der Waals surface area contributed by atoms with E-state index >= 15 is 0 Å². The Bertz CT molecular complexity index is 405. The second-order valence-electron chi connectivity index (χ2n) is 3.00. The number of carbonyl (C=O) groups excluding carboxylic acids is 2. The van der Waals surface area contributed by atoms with Crippen molar-refractivity contribution < 1.29 is 14.1 Å². The maximum Gasteiger partial charge on any atom is 0.309 e. The van der Waals surface area contributed by atoms with E-state index in [9.17, 15) is 9.59 Å². The smallest absolute Gasteiger partial charge is 0.309 e. The molecule has 0 aromatic carbocycles. The number of hydrogen-bond acceptors (Lipinski definition) is 6. The van der Waals surface area contributed by atoms with E-state index in [1.54, 1.807) is 0 Å². The van der Waals surface area contributed by atoms with Gasteiger partial charge in [0.1, 0.15) is 0 Å². The van der Waals surface area contributed by atoms with Crippen LogP contribution in [0.25, 0.3) is 0 Å². The van der Waals surface area contributed by atoms with Crippen LogP contribution in [0, 0.1) is 0 Å². The highest BCUT2D eigenvalue weighted by molar-refractivity contribution is 7.80. The lowest BCUT2D eigenvalue weighted by Crippen LogP contribution is -2.43. The molecule has 0 aliphatic rings. The summed E-state index contributed by atoms with van der Waals surface area (Å²) in [6.07, 6.45) is 1.57. The Morgan fingerprint density at radius 2 is 2.12 bits per heavy atom. The molecule has 1 aromatic heterocycles. The quantitative estimate of drug-likeness (QED) is 0.417. The van der Waals surface area contributed by atoms with Crippen LogP contribution in [-0.2, 0) is 16.0 Å². The van der Waals surface area contributed by atoms with Crippen molar-refractivity contribution in [3.63, 3.8) is 0 Å². The van der Waals surface area contributed by atoms with Crippen LogP contribution in [0.2, 0.25) is 0 Å². The van der Waals surface area contributed by atoms with E-state index in [4.69, 9.17) is 5.73 Å². The van der Waals surface area contributed by atoms with Gasteiger partial charge >= 0.3 is 11.8 Å². The van der Waals surface area contributed by atoms with Gasteiger partial charge < -0.3 is 20.9 Å². The minimum Gasteiger partial charge on any atom is -0.392 e. The topological polar surface area (TPSA) is 123 Å². The van der Waals surface area contributed by atoms with Crippen molar-refractivity contribution in [1.82, 2.24) is 20.8 Å². The van der Waals surface area contributed by atoms with Crippen LogP contribution in [-0.4, -0.2) is 40.0 Å². The molecule has 1 heterocycles. The average Bonchev–Trinajstić information content (AvgIpc) is 2.78. The van der Waals surface area contributed by atoms with Gasteiger partial charge in [0.25, 0.3) is 0 Å². The minimum absolute atomic E-state index is 0.00751. The number of nitrogens with zero attached hydrogens (tertiary/aromatic N) is 2. The molecule has 1 rings (SSSR count). The van der Waals surface area contributed by atoms with Gasteiger partial charge in [0, 0.05) is 13.0 Å². The third-order valence-electron chi connectivity index (χ3n) is 1.67. The first-order chi connectivity index (χ1) is 8.09. The predicted molar refractivity (Wildman–Crippen MR) is 60.8 cm³/mol. The second kappa shape index (κ2) is 6.53. The van der Waals surface area contributed by atoms with Crippen LogP contribution < -0.4 is 16.4 Å². The van der Waals surface area contributed by atoms with Crippen molar-refractivity contribution >= 4 is 29.0 Å². The Labute approximate surface area is 102 Å². The zero-order valence-electron chi connectivity index (χ0n) is 8.80. The first-order valence-electron chi connectivity index (χ1n) is 4.69. The van der Waals surface area contributed by atoms with Gasteiger partial charge in [-0.15, -0.1) is 0 Å². The van der Waals surface area contributed by atoms with Gasteiger partial charge in [0.15, 0.2) is 5.82 Å². The molecule has 0 unspecified atom stereocenters. The fourth-order valence-electron chi connectivity index (χ4n) is 0.918. The number of rotatable bonds is 5. The third kappa shape index (κ3) is 5.02. The lowest BCUT2D eigenvalue weighted by molar-refractivity contribution is -0.139. The summed E-state index contributed by atoms with van der Waals surface area (Å²) in [6, 6.07) is 0. The summed E-state index contributed by atoms with van der Waals surface area (Å²) >= 11 is 4.55. The van der Waals surface area contributed by atoms with Crippen LogP contribution >= 0.6 is 12.2 Å². The molecule has 0 aliphatic carbocycles. The molecule has 0 bridgehead atoms. The van der Waals surface area contributed by atoms with E-state index in [1.165, 1.54) is 6.39 Å². The van der Waals surface area contributed by atoms with Gasteiger partial charge in [-0.3, -0.25) is 9.59 Å². The number of carbonyl (C=O) groups is 2. The molecule has 2 amide bonds. The maximum atomic E-state index is 11.2. The number of aromatic nitrogens is 2. The van der Waals surface area contributed by atoms with Crippen molar-refractivity contribution in [3.05, 3.63) is 12.2 Å². The zero-order chi connectivity index (χ0) is 12.7. The molecule has 8 nitrogen and oxygen atoms in total. The Morgan fingerprint density at radius 3 is 2.71 bits per heavy atom. The lowest BCUT2D eigenvalue weighted by Gasteiger charge is -2.04. The molecule has 0 spiro atoms. The highest BCUT2D eigenvalue weighted by atomic mass is 32.1. The maximum absolute atomic E-state index is 11.2. The molecular formula is C8H11N5O3S. The predicted octanol–water partition coefficient (Wildman–Crippen LogP) is -1.87. The molecule has 0 fully saturated rings. The molecule has 0 atom stereocenters. The van der Waals surface area contributed by atoms with Crippen LogP contribution in [0.15, 0.2) is 10.9 Å². The molecule has 0 saturated heterocycles. The number of amides is 2. The third-order valence-corrected chi connectivity index (χ3v) is 1.81. The molecule has 4 N–H and O–H groups in total. The summed E-state index contributed by atoms with van der Waals surface area (Å²) in [5.74, 6) is -1.09. The molecule has 17 heavy (non-hydrogen) atoms. The van der Waals surface area contributed by atoms with E-state index in [0.717, 1.165) is 0 Å². The summed E-state index contributed by atoms with van der Waals surface area (Å²) in [5.41, 5.74) is 5.16. The van der Waals surface area contributed by atoms with E-state index in [1.807, 2.05) is 0 Å². The van der Waals surface area contributed by atoms with E-state index < -0.39 is 11.8 Å².